The monoisotopic (exact) mass is 271 g/mol. The fraction of sp³-hybridized carbons (Fsp3) is 0.571. The molecule has 1 N–H and O–H groups in total. The largest absolute Gasteiger partial charge is 0.315 e. The lowest BCUT2D eigenvalue weighted by molar-refractivity contribution is 0.413. The average molecular weight is 271 g/mol. The zero-order chi connectivity index (χ0) is 13.2. The summed E-state index contributed by atoms with van der Waals surface area (Å²) in [5.41, 5.74) is 0.461. The van der Waals surface area contributed by atoms with Gasteiger partial charge in [0.05, 0.1) is 0 Å². The molecule has 0 bridgehead atoms. The van der Waals surface area contributed by atoms with Crippen molar-refractivity contribution in [1.82, 2.24) is 5.32 Å². The van der Waals surface area contributed by atoms with Crippen LogP contribution in [-0.4, -0.2) is 23.6 Å². The standard InChI is InChI=1S/C14H19F2NS/c1-14(7-4-8-18-14)12(17-2)9-10-5-3-6-11(15)13(10)16/h3,5-6,12,17H,4,7-9H2,1-2H3. The normalized spacial score (nSPS) is 25.3. The SMILES string of the molecule is CNC(Cc1cccc(F)c1F)C1(C)CCCS1. The molecule has 4 heteroatoms. The van der Waals surface area contributed by atoms with E-state index in [0.717, 1.165) is 12.2 Å². The Balaban J connectivity index is 2.17. The summed E-state index contributed by atoms with van der Waals surface area (Å²) >= 11 is 1.93. The van der Waals surface area contributed by atoms with Crippen molar-refractivity contribution < 1.29 is 8.78 Å². The summed E-state index contributed by atoms with van der Waals surface area (Å²) in [5, 5.41) is 3.27. The third kappa shape index (κ3) is 2.69. The third-order valence-corrected chi connectivity index (χ3v) is 5.43. The van der Waals surface area contributed by atoms with Crippen molar-refractivity contribution in [2.45, 2.75) is 37.0 Å². The van der Waals surface area contributed by atoms with Gasteiger partial charge in [0.2, 0.25) is 0 Å². The van der Waals surface area contributed by atoms with Gasteiger partial charge in [-0.3, -0.25) is 0 Å². The number of likely N-dealkylation sites (N-methyl/N-ethyl adjacent to an activating group) is 1. The molecule has 2 rings (SSSR count). The molecule has 0 aromatic heterocycles. The van der Waals surface area contributed by atoms with Crippen molar-refractivity contribution in [1.29, 1.82) is 0 Å². The molecule has 0 aliphatic carbocycles. The first-order valence-electron chi connectivity index (χ1n) is 6.31. The van der Waals surface area contributed by atoms with Crippen LogP contribution < -0.4 is 5.32 Å². The predicted molar refractivity (Wildman–Crippen MR) is 73.0 cm³/mol. The Labute approximate surface area is 111 Å². The molecule has 0 radical (unpaired) electrons. The van der Waals surface area contributed by atoms with Crippen LogP contribution in [0.5, 0.6) is 0 Å². The lowest BCUT2D eigenvalue weighted by Gasteiger charge is -2.33. The van der Waals surface area contributed by atoms with Crippen molar-refractivity contribution in [2.24, 2.45) is 0 Å². The molecule has 0 spiro atoms. The average Bonchev–Trinajstić information content (AvgIpc) is 2.79. The van der Waals surface area contributed by atoms with Crippen LogP contribution in [0.1, 0.15) is 25.3 Å². The van der Waals surface area contributed by atoms with E-state index in [4.69, 9.17) is 0 Å². The smallest absolute Gasteiger partial charge is 0.162 e. The van der Waals surface area contributed by atoms with Gasteiger partial charge in [0.15, 0.2) is 11.6 Å². The summed E-state index contributed by atoms with van der Waals surface area (Å²) in [6.07, 6.45) is 2.86. The number of thioether (sulfide) groups is 1. The molecule has 2 unspecified atom stereocenters. The third-order valence-electron chi connectivity index (χ3n) is 3.79. The summed E-state index contributed by atoms with van der Waals surface area (Å²) < 4.78 is 27.0. The Kier molecular flexibility index (Phi) is 4.28. The van der Waals surface area contributed by atoms with Gasteiger partial charge >= 0.3 is 0 Å². The van der Waals surface area contributed by atoms with Gasteiger partial charge in [-0.05, 0) is 50.6 Å². The maximum atomic E-state index is 13.7. The molecule has 1 aliphatic heterocycles. The fourth-order valence-corrected chi connectivity index (χ4v) is 4.07. The number of rotatable bonds is 4. The van der Waals surface area contributed by atoms with Gasteiger partial charge in [-0.15, -0.1) is 0 Å². The van der Waals surface area contributed by atoms with Crippen molar-refractivity contribution in [3.63, 3.8) is 0 Å². The van der Waals surface area contributed by atoms with Crippen LogP contribution in [0.2, 0.25) is 0 Å². The van der Waals surface area contributed by atoms with Crippen molar-refractivity contribution in [3.05, 3.63) is 35.4 Å². The van der Waals surface area contributed by atoms with Crippen molar-refractivity contribution in [3.8, 4) is 0 Å². The van der Waals surface area contributed by atoms with E-state index < -0.39 is 11.6 Å². The van der Waals surface area contributed by atoms with Gasteiger partial charge in [0.1, 0.15) is 0 Å². The second-order valence-electron chi connectivity index (χ2n) is 5.02. The molecule has 2 atom stereocenters. The van der Waals surface area contributed by atoms with Crippen LogP contribution in [0.4, 0.5) is 8.78 Å². The lowest BCUT2D eigenvalue weighted by Crippen LogP contribution is -2.45. The molecule has 1 aliphatic rings. The first-order chi connectivity index (χ1) is 8.57. The van der Waals surface area contributed by atoms with E-state index in [1.807, 2.05) is 18.8 Å². The van der Waals surface area contributed by atoms with Crippen LogP contribution in [0.3, 0.4) is 0 Å². The molecule has 100 valence electrons. The molecule has 1 aromatic carbocycles. The Morgan fingerprint density at radius 3 is 2.83 bits per heavy atom. The number of halogens is 2. The van der Waals surface area contributed by atoms with Gasteiger partial charge < -0.3 is 5.32 Å². The van der Waals surface area contributed by atoms with E-state index in [1.165, 1.54) is 12.5 Å². The van der Waals surface area contributed by atoms with Crippen LogP contribution in [0.15, 0.2) is 18.2 Å². The number of benzene rings is 1. The number of nitrogens with one attached hydrogen (secondary N) is 1. The Bertz CT molecular complexity index is 416. The molecule has 1 saturated heterocycles. The first-order valence-corrected chi connectivity index (χ1v) is 7.29. The summed E-state index contributed by atoms with van der Waals surface area (Å²) in [6, 6.07) is 4.58. The van der Waals surface area contributed by atoms with Gasteiger partial charge in [-0.2, -0.15) is 11.8 Å². The zero-order valence-corrected chi connectivity index (χ0v) is 11.6. The van der Waals surface area contributed by atoms with Gasteiger partial charge in [-0.1, -0.05) is 12.1 Å². The summed E-state index contributed by atoms with van der Waals surface area (Å²) in [5.74, 6) is -0.309. The predicted octanol–water partition coefficient (Wildman–Crippen LogP) is 3.38. The molecule has 1 nitrogen and oxygen atoms in total. The molecule has 1 heterocycles. The van der Waals surface area contributed by atoms with Crippen LogP contribution in [0, 0.1) is 11.6 Å². The highest BCUT2D eigenvalue weighted by Gasteiger charge is 2.37. The number of hydrogen-bond donors (Lipinski definition) is 1. The molecular formula is C14H19F2NS. The quantitative estimate of drug-likeness (QED) is 0.901. The Morgan fingerprint density at radius 2 is 2.22 bits per heavy atom. The summed E-state index contributed by atoms with van der Waals surface area (Å²) in [6.45, 7) is 2.21. The van der Waals surface area contributed by atoms with Crippen molar-refractivity contribution >= 4 is 11.8 Å². The second kappa shape index (κ2) is 5.57. The molecule has 0 saturated carbocycles. The first kappa shape index (κ1) is 13.8. The second-order valence-corrected chi connectivity index (χ2v) is 6.65. The molecular weight excluding hydrogens is 252 g/mol. The van der Waals surface area contributed by atoms with Gasteiger partial charge in [0.25, 0.3) is 0 Å². The lowest BCUT2D eigenvalue weighted by atomic mass is 9.91. The fourth-order valence-electron chi connectivity index (χ4n) is 2.62. The number of hydrogen-bond acceptors (Lipinski definition) is 2. The maximum absolute atomic E-state index is 13.7. The highest BCUT2D eigenvalue weighted by atomic mass is 32.2. The summed E-state index contributed by atoms with van der Waals surface area (Å²) in [4.78, 5) is 0. The van der Waals surface area contributed by atoms with E-state index in [9.17, 15) is 8.78 Å². The molecule has 0 amide bonds. The van der Waals surface area contributed by atoms with E-state index in [2.05, 4.69) is 12.2 Å². The molecule has 1 aromatic rings. The highest BCUT2D eigenvalue weighted by molar-refractivity contribution is 8.00. The highest BCUT2D eigenvalue weighted by Crippen LogP contribution is 2.41. The maximum Gasteiger partial charge on any atom is 0.162 e. The van der Waals surface area contributed by atoms with E-state index in [1.54, 1.807) is 12.1 Å². The molecule has 1 fully saturated rings. The van der Waals surface area contributed by atoms with Crippen LogP contribution in [-0.2, 0) is 6.42 Å². The minimum absolute atomic E-state index is 0.119. The Hall–Kier alpha value is -0.610. The Morgan fingerprint density at radius 1 is 1.44 bits per heavy atom. The molecule has 18 heavy (non-hydrogen) atoms. The summed E-state index contributed by atoms with van der Waals surface area (Å²) in [7, 11) is 1.89. The van der Waals surface area contributed by atoms with E-state index in [0.29, 0.717) is 12.0 Å². The zero-order valence-electron chi connectivity index (χ0n) is 10.8. The van der Waals surface area contributed by atoms with Gasteiger partial charge in [0, 0.05) is 10.8 Å². The van der Waals surface area contributed by atoms with Crippen molar-refractivity contribution in [2.75, 3.05) is 12.8 Å². The van der Waals surface area contributed by atoms with Crippen LogP contribution in [0.25, 0.3) is 0 Å². The van der Waals surface area contributed by atoms with Gasteiger partial charge in [-0.25, -0.2) is 8.78 Å². The van der Waals surface area contributed by atoms with E-state index in [-0.39, 0.29) is 10.8 Å². The van der Waals surface area contributed by atoms with E-state index >= 15 is 0 Å². The minimum Gasteiger partial charge on any atom is -0.315 e. The van der Waals surface area contributed by atoms with Crippen LogP contribution >= 0.6 is 11.8 Å². The topological polar surface area (TPSA) is 12.0 Å². The minimum atomic E-state index is -0.758.